The number of piperazine rings is 1. The van der Waals surface area contributed by atoms with Crippen LogP contribution in [0.4, 0.5) is 14.9 Å². The van der Waals surface area contributed by atoms with Crippen LogP contribution >= 0.6 is 11.6 Å². The van der Waals surface area contributed by atoms with Crippen LogP contribution in [0.15, 0.2) is 17.1 Å². The van der Waals surface area contributed by atoms with Gasteiger partial charge in [-0.2, -0.15) is 0 Å². The first-order valence-electron chi connectivity index (χ1n) is 8.40. The van der Waals surface area contributed by atoms with Crippen molar-refractivity contribution in [3.63, 3.8) is 0 Å². The van der Waals surface area contributed by atoms with E-state index in [1.807, 2.05) is 4.90 Å². The topological polar surface area (TPSA) is 83.8 Å². The van der Waals surface area contributed by atoms with Crippen molar-refractivity contribution in [1.29, 1.82) is 0 Å². The summed E-state index contributed by atoms with van der Waals surface area (Å²) < 4.78 is 21.2. The molecule has 1 saturated heterocycles. The summed E-state index contributed by atoms with van der Waals surface area (Å²) in [6.45, 7) is 2.65. The van der Waals surface area contributed by atoms with E-state index in [-0.39, 0.29) is 27.9 Å². The Labute approximate surface area is 152 Å². The minimum Gasteiger partial charge on any atom is -0.449 e. The van der Waals surface area contributed by atoms with Crippen LogP contribution in [-0.2, 0) is 0 Å². The van der Waals surface area contributed by atoms with Gasteiger partial charge in [0.15, 0.2) is 5.75 Å². The number of aromatic nitrogens is 1. The van der Waals surface area contributed by atoms with Gasteiger partial charge in [0.05, 0.1) is 27.8 Å². The molecular weight excluding hydrogens is 365 g/mol. The minimum absolute atomic E-state index is 0.0250. The number of carboxylic acid groups (broad SMARTS) is 1. The van der Waals surface area contributed by atoms with E-state index in [1.165, 1.54) is 6.20 Å². The smallest absolute Gasteiger partial charge is 0.449 e. The number of carbonyl (C=O) groups is 1. The first-order valence-corrected chi connectivity index (χ1v) is 8.78. The lowest BCUT2D eigenvalue weighted by Crippen LogP contribution is -2.44. The first kappa shape index (κ1) is 17.1. The van der Waals surface area contributed by atoms with E-state index in [0.717, 1.165) is 18.9 Å². The zero-order chi connectivity index (χ0) is 18.4. The summed E-state index contributed by atoms with van der Waals surface area (Å²) in [4.78, 5) is 25.3. The largest absolute Gasteiger partial charge is 0.511 e. The highest BCUT2D eigenvalue weighted by molar-refractivity contribution is 6.38. The summed E-state index contributed by atoms with van der Waals surface area (Å²) in [6.07, 6.45) is 1.53. The van der Waals surface area contributed by atoms with Gasteiger partial charge in [-0.1, -0.05) is 11.6 Å². The molecule has 2 N–H and O–H groups in total. The Morgan fingerprint density at radius 1 is 1.35 bits per heavy atom. The zero-order valence-electron chi connectivity index (χ0n) is 13.8. The lowest BCUT2D eigenvalue weighted by Gasteiger charge is -2.31. The molecule has 1 aliphatic carbocycles. The lowest BCUT2D eigenvalue weighted by atomic mass is 10.1. The molecule has 1 aromatic heterocycles. The van der Waals surface area contributed by atoms with Gasteiger partial charge in [0.2, 0.25) is 5.43 Å². The Morgan fingerprint density at radius 3 is 2.65 bits per heavy atom. The fourth-order valence-electron chi connectivity index (χ4n) is 3.39. The summed E-state index contributed by atoms with van der Waals surface area (Å²) in [5.41, 5.74) is 0.0140. The number of hydrogen-bond donors (Lipinski definition) is 2. The van der Waals surface area contributed by atoms with E-state index < -0.39 is 17.4 Å². The highest BCUT2D eigenvalue weighted by Crippen LogP contribution is 2.42. The first-order chi connectivity index (χ1) is 12.5. The maximum absolute atomic E-state index is 14.8. The molecule has 1 saturated carbocycles. The molecule has 0 radical (unpaired) electrons. The van der Waals surface area contributed by atoms with Crippen LogP contribution in [0.2, 0.25) is 5.02 Å². The molecule has 9 heteroatoms. The summed E-state index contributed by atoms with van der Waals surface area (Å²) in [7, 11) is 0. The Balaban J connectivity index is 1.97. The van der Waals surface area contributed by atoms with E-state index in [2.05, 4.69) is 10.1 Å². The Hall–Kier alpha value is -2.32. The van der Waals surface area contributed by atoms with Crippen molar-refractivity contribution in [1.82, 2.24) is 9.88 Å². The molecular formula is C17H17ClFN3O4. The quantitative estimate of drug-likeness (QED) is 0.795. The Morgan fingerprint density at radius 2 is 2.04 bits per heavy atom. The van der Waals surface area contributed by atoms with E-state index in [0.29, 0.717) is 31.7 Å². The molecule has 0 amide bonds. The summed E-state index contributed by atoms with van der Waals surface area (Å²) in [6, 6.07) is 1.22. The van der Waals surface area contributed by atoms with Gasteiger partial charge in [-0.15, -0.1) is 0 Å². The molecule has 26 heavy (non-hydrogen) atoms. The average molecular weight is 382 g/mol. The van der Waals surface area contributed by atoms with Gasteiger partial charge in [0.25, 0.3) is 0 Å². The molecule has 0 atom stereocenters. The third kappa shape index (κ3) is 2.89. The minimum atomic E-state index is -1.59. The van der Waals surface area contributed by atoms with E-state index >= 15 is 0 Å². The van der Waals surface area contributed by atoms with Crippen LogP contribution in [-0.4, -0.2) is 42.0 Å². The third-order valence-electron chi connectivity index (χ3n) is 4.72. The summed E-state index contributed by atoms with van der Waals surface area (Å²) >= 11 is 6.57. The second kappa shape index (κ2) is 6.44. The molecule has 1 aliphatic heterocycles. The van der Waals surface area contributed by atoms with Crippen LogP contribution < -0.4 is 20.4 Å². The predicted molar refractivity (Wildman–Crippen MR) is 95.2 cm³/mol. The summed E-state index contributed by atoms with van der Waals surface area (Å²) in [5.74, 6) is -0.946. The van der Waals surface area contributed by atoms with Crippen LogP contribution in [0, 0.1) is 5.82 Å². The molecule has 2 aromatic rings. The van der Waals surface area contributed by atoms with Gasteiger partial charge >= 0.3 is 6.16 Å². The number of nitrogens with one attached hydrogen (secondary N) is 1. The number of benzene rings is 1. The average Bonchev–Trinajstić information content (AvgIpc) is 3.43. The van der Waals surface area contributed by atoms with Crippen LogP contribution in [0.3, 0.4) is 0 Å². The van der Waals surface area contributed by atoms with Crippen molar-refractivity contribution in [3.05, 3.63) is 33.3 Å². The molecule has 4 rings (SSSR count). The van der Waals surface area contributed by atoms with Gasteiger partial charge in [-0.25, -0.2) is 9.18 Å². The highest BCUT2D eigenvalue weighted by atomic mass is 35.5. The number of ether oxygens (including phenoxy) is 1. The SMILES string of the molecule is O=C(O)Oc1cn(C2CC2)c2c(Cl)c(N3CCNCC3)c(F)cc2c1=O. The molecule has 2 fully saturated rings. The maximum Gasteiger partial charge on any atom is 0.511 e. The van der Waals surface area contributed by atoms with Gasteiger partial charge in [0.1, 0.15) is 5.82 Å². The monoisotopic (exact) mass is 381 g/mol. The maximum atomic E-state index is 14.8. The van der Waals surface area contributed by atoms with Crippen molar-refractivity contribution < 1.29 is 19.0 Å². The summed E-state index contributed by atoms with van der Waals surface area (Å²) in [5, 5.41) is 12.2. The molecule has 0 spiro atoms. The number of rotatable bonds is 3. The van der Waals surface area contributed by atoms with Crippen LogP contribution in [0.1, 0.15) is 18.9 Å². The molecule has 0 unspecified atom stereocenters. The molecule has 0 bridgehead atoms. The van der Waals surface area contributed by atoms with Gasteiger partial charge in [-0.3, -0.25) is 4.79 Å². The van der Waals surface area contributed by atoms with Gasteiger partial charge in [-0.05, 0) is 18.9 Å². The van der Waals surface area contributed by atoms with E-state index in [4.69, 9.17) is 16.7 Å². The van der Waals surface area contributed by atoms with Crippen LogP contribution in [0.5, 0.6) is 5.75 Å². The van der Waals surface area contributed by atoms with Crippen molar-refractivity contribution in [2.75, 3.05) is 31.1 Å². The Kier molecular flexibility index (Phi) is 4.24. The normalized spacial score (nSPS) is 17.5. The standard InChI is InChI=1S/C17H17ClFN3O4/c18-13-14-10(7-11(19)15(13)21-5-3-20-4-6-21)16(23)12(26-17(24)25)8-22(14)9-1-2-9/h7-9,20H,1-6H2,(H,24,25). The molecule has 7 nitrogen and oxygen atoms in total. The predicted octanol–water partition coefficient (Wildman–Crippen LogP) is 2.60. The fourth-order valence-corrected chi connectivity index (χ4v) is 3.80. The van der Waals surface area contributed by atoms with Crippen molar-refractivity contribution >= 4 is 34.3 Å². The number of pyridine rings is 1. The van der Waals surface area contributed by atoms with Gasteiger partial charge < -0.3 is 24.6 Å². The highest BCUT2D eigenvalue weighted by Gasteiger charge is 2.30. The van der Waals surface area contributed by atoms with Crippen LogP contribution in [0.25, 0.3) is 10.9 Å². The second-order valence-corrected chi connectivity index (χ2v) is 6.86. The van der Waals surface area contributed by atoms with Crippen molar-refractivity contribution in [2.45, 2.75) is 18.9 Å². The molecule has 2 heterocycles. The van der Waals surface area contributed by atoms with E-state index in [1.54, 1.807) is 4.57 Å². The second-order valence-electron chi connectivity index (χ2n) is 6.48. The van der Waals surface area contributed by atoms with Crippen molar-refractivity contribution in [2.24, 2.45) is 0 Å². The third-order valence-corrected chi connectivity index (χ3v) is 5.08. The number of halogens is 2. The van der Waals surface area contributed by atoms with Gasteiger partial charge in [0, 0.05) is 32.2 Å². The Bertz CT molecular complexity index is 951. The molecule has 2 aliphatic rings. The lowest BCUT2D eigenvalue weighted by molar-refractivity contribution is 0.143. The number of fused-ring (bicyclic) bond motifs is 1. The molecule has 138 valence electrons. The molecule has 1 aromatic carbocycles. The fraction of sp³-hybridized carbons (Fsp3) is 0.412. The number of nitrogens with zero attached hydrogens (tertiary/aromatic N) is 2. The number of hydrogen-bond acceptors (Lipinski definition) is 5. The van der Waals surface area contributed by atoms with E-state index in [9.17, 15) is 14.0 Å². The number of anilines is 1. The zero-order valence-corrected chi connectivity index (χ0v) is 14.6. The van der Waals surface area contributed by atoms with Crippen molar-refractivity contribution in [3.8, 4) is 5.75 Å².